The Bertz CT molecular complexity index is 1060. The first-order chi connectivity index (χ1) is 15.6. The minimum atomic E-state index is -0.738. The molecule has 166 valence electrons. The summed E-state index contributed by atoms with van der Waals surface area (Å²) < 4.78 is 25.4. The van der Waals surface area contributed by atoms with Gasteiger partial charge in [0, 0.05) is 35.0 Å². The molecule has 2 aliphatic heterocycles. The van der Waals surface area contributed by atoms with Crippen LogP contribution >= 0.6 is 0 Å². The summed E-state index contributed by atoms with van der Waals surface area (Å²) in [6.07, 6.45) is 1.15. The third-order valence-electron chi connectivity index (χ3n) is 7.07. The number of rotatable bonds is 6. The van der Waals surface area contributed by atoms with Gasteiger partial charge in [-0.2, -0.15) is 0 Å². The lowest BCUT2D eigenvalue weighted by atomic mass is 9.86. The molecule has 6 nitrogen and oxygen atoms in total. The van der Waals surface area contributed by atoms with Gasteiger partial charge in [-0.05, 0) is 30.5 Å². The minimum absolute atomic E-state index is 0.119. The lowest BCUT2D eigenvalue weighted by Crippen LogP contribution is -2.31. The predicted molar refractivity (Wildman–Crippen MR) is 115 cm³/mol. The number of halogens is 1. The van der Waals surface area contributed by atoms with Crippen molar-refractivity contribution in [2.75, 3.05) is 19.9 Å². The van der Waals surface area contributed by atoms with E-state index < -0.39 is 12.8 Å². The zero-order valence-corrected chi connectivity index (χ0v) is 17.6. The Morgan fingerprint density at radius 1 is 1.00 bits per heavy atom. The first-order valence-corrected chi connectivity index (χ1v) is 11.3. The molecule has 32 heavy (non-hydrogen) atoms. The summed E-state index contributed by atoms with van der Waals surface area (Å²) >= 11 is 0. The van der Waals surface area contributed by atoms with Crippen molar-refractivity contribution in [3.05, 3.63) is 64.7 Å². The van der Waals surface area contributed by atoms with E-state index in [2.05, 4.69) is 10.6 Å². The number of alkyl halides is 1. The van der Waals surface area contributed by atoms with E-state index in [1.807, 2.05) is 30.3 Å². The number of benzene rings is 2. The highest BCUT2D eigenvalue weighted by Gasteiger charge is 2.55. The molecule has 6 rings (SSSR count). The molecule has 0 bridgehead atoms. The Balaban J connectivity index is 1.38. The highest BCUT2D eigenvalue weighted by atomic mass is 19.1. The Morgan fingerprint density at radius 3 is 2.44 bits per heavy atom. The highest BCUT2D eigenvalue weighted by Crippen LogP contribution is 2.46. The maximum absolute atomic E-state index is 14.0. The number of hydrogen-bond acceptors (Lipinski definition) is 4. The maximum atomic E-state index is 14.0. The summed E-state index contributed by atoms with van der Waals surface area (Å²) in [6, 6.07) is 13.2. The van der Waals surface area contributed by atoms with Crippen molar-refractivity contribution in [1.29, 1.82) is 0 Å². The molecule has 1 unspecified atom stereocenters. The number of nitrogens with one attached hydrogen (secondary N) is 2. The number of carbonyl (C=O) groups excluding carboxylic acids is 2. The monoisotopic (exact) mass is 436 g/mol. The quantitative estimate of drug-likeness (QED) is 0.730. The average molecular weight is 436 g/mol. The van der Waals surface area contributed by atoms with Crippen molar-refractivity contribution < 1.29 is 23.5 Å². The molecule has 7 heteroatoms. The first-order valence-electron chi connectivity index (χ1n) is 11.3. The highest BCUT2D eigenvalue weighted by molar-refractivity contribution is 6.03. The number of ether oxygens (including phenoxy) is 2. The van der Waals surface area contributed by atoms with Gasteiger partial charge < -0.3 is 20.1 Å². The molecule has 1 saturated heterocycles. The van der Waals surface area contributed by atoms with Crippen LogP contribution in [0.4, 0.5) is 4.39 Å². The van der Waals surface area contributed by atoms with Gasteiger partial charge in [-0.3, -0.25) is 9.59 Å². The van der Waals surface area contributed by atoms with Gasteiger partial charge in [-0.1, -0.05) is 30.3 Å². The molecule has 2 amide bonds. The van der Waals surface area contributed by atoms with Crippen LogP contribution in [-0.2, 0) is 4.74 Å². The largest absolute Gasteiger partial charge is 0.486 e. The van der Waals surface area contributed by atoms with Gasteiger partial charge in [0.25, 0.3) is 11.8 Å². The molecule has 3 fully saturated rings. The van der Waals surface area contributed by atoms with Crippen LogP contribution in [-0.4, -0.2) is 49.9 Å². The number of carbonyl (C=O) groups is 2. The molecule has 0 aromatic heterocycles. The van der Waals surface area contributed by atoms with Crippen LogP contribution in [0.25, 0.3) is 0 Å². The van der Waals surface area contributed by atoms with Gasteiger partial charge in [0.15, 0.2) is 0 Å². The Labute approximate surface area is 185 Å². The van der Waals surface area contributed by atoms with Crippen molar-refractivity contribution >= 4 is 11.8 Å². The van der Waals surface area contributed by atoms with Crippen LogP contribution in [0, 0.1) is 11.8 Å². The van der Waals surface area contributed by atoms with Crippen LogP contribution < -0.4 is 15.4 Å². The molecule has 2 aromatic carbocycles. The Kier molecular flexibility index (Phi) is 4.68. The van der Waals surface area contributed by atoms with Crippen molar-refractivity contribution in [3.63, 3.8) is 0 Å². The summed E-state index contributed by atoms with van der Waals surface area (Å²) in [6.45, 7) is 0.665. The molecule has 2 N–H and O–H groups in total. The van der Waals surface area contributed by atoms with E-state index in [0.717, 1.165) is 18.4 Å². The summed E-state index contributed by atoms with van der Waals surface area (Å²) in [5.74, 6) is 0.257. The van der Waals surface area contributed by atoms with Crippen LogP contribution in [0.3, 0.4) is 0 Å². The second kappa shape index (κ2) is 7.59. The second-order valence-corrected chi connectivity index (χ2v) is 9.25. The van der Waals surface area contributed by atoms with E-state index in [1.165, 1.54) is 0 Å². The summed E-state index contributed by atoms with van der Waals surface area (Å²) in [5.41, 5.74) is 2.29. The van der Waals surface area contributed by atoms with Gasteiger partial charge in [0.2, 0.25) is 0 Å². The Morgan fingerprint density at radius 2 is 1.75 bits per heavy atom. The van der Waals surface area contributed by atoms with Crippen LogP contribution in [0.1, 0.15) is 50.6 Å². The van der Waals surface area contributed by atoms with Crippen LogP contribution in [0.5, 0.6) is 5.75 Å². The van der Waals surface area contributed by atoms with Crippen LogP contribution in [0.15, 0.2) is 42.5 Å². The third kappa shape index (κ3) is 3.35. The summed E-state index contributed by atoms with van der Waals surface area (Å²) in [4.78, 5) is 26.2. The van der Waals surface area contributed by atoms with E-state index in [-0.39, 0.29) is 29.8 Å². The fraction of sp³-hybridized carbons (Fsp3) is 0.440. The zero-order chi connectivity index (χ0) is 21.8. The third-order valence-corrected chi connectivity index (χ3v) is 7.07. The van der Waals surface area contributed by atoms with E-state index >= 15 is 0 Å². The minimum Gasteiger partial charge on any atom is -0.486 e. The average Bonchev–Trinajstić information content (AvgIpc) is 3.63. The van der Waals surface area contributed by atoms with Gasteiger partial charge in [0.1, 0.15) is 18.5 Å². The molecule has 0 radical (unpaired) electrons. The standard InChI is InChI=1S/C25H25FN2O4/c26-10-20-21(13-4-2-1-3-5-13)16-8-14(24(29)28-22-18-11-31-12-19(18)22)9-17(23(16)32-20)25(30)27-15-6-7-15/h1-5,8-9,15,18-22H,6-7,10-12H2,(H,27,30)(H,28,29)/t18-,19+,20-,21+,22?/m1/s1. The molecule has 0 spiro atoms. The molecule has 2 aliphatic carbocycles. The molecule has 5 atom stereocenters. The van der Waals surface area contributed by atoms with Crippen molar-refractivity contribution in [3.8, 4) is 5.75 Å². The summed E-state index contributed by atoms with van der Waals surface area (Å²) in [7, 11) is 0. The van der Waals surface area contributed by atoms with E-state index in [1.54, 1.807) is 12.1 Å². The first kappa shape index (κ1) is 19.7. The van der Waals surface area contributed by atoms with Crippen molar-refractivity contribution in [2.45, 2.75) is 36.9 Å². The van der Waals surface area contributed by atoms with Gasteiger partial charge >= 0.3 is 0 Å². The topological polar surface area (TPSA) is 76.7 Å². The number of amides is 2. The smallest absolute Gasteiger partial charge is 0.255 e. The molecular formula is C25H25FN2O4. The van der Waals surface area contributed by atoms with Crippen molar-refractivity contribution in [1.82, 2.24) is 10.6 Å². The SMILES string of the molecule is O=C(NC1[C@H]2COC[C@@H]12)c1cc(C(=O)NC2CC2)c2c(c1)[C@H](c1ccccc1)[C@@H](CF)O2. The number of hydrogen-bond donors (Lipinski definition) is 2. The van der Waals surface area contributed by atoms with Gasteiger partial charge in [0.05, 0.1) is 24.7 Å². The van der Waals surface area contributed by atoms with E-state index in [4.69, 9.17) is 9.47 Å². The van der Waals surface area contributed by atoms with E-state index in [9.17, 15) is 14.0 Å². The predicted octanol–water partition coefficient (Wildman–Crippen LogP) is 2.82. The van der Waals surface area contributed by atoms with Gasteiger partial charge in [-0.15, -0.1) is 0 Å². The van der Waals surface area contributed by atoms with Gasteiger partial charge in [-0.25, -0.2) is 4.39 Å². The summed E-state index contributed by atoms with van der Waals surface area (Å²) in [5, 5.41) is 6.07. The van der Waals surface area contributed by atoms with E-state index in [0.29, 0.717) is 47.5 Å². The molecular weight excluding hydrogens is 411 g/mol. The molecule has 2 heterocycles. The normalized spacial score (nSPS) is 29.6. The molecule has 2 aromatic rings. The lowest BCUT2D eigenvalue weighted by Gasteiger charge is -2.16. The molecule has 2 saturated carbocycles. The zero-order valence-electron chi connectivity index (χ0n) is 17.6. The number of fused-ring (bicyclic) bond motifs is 2. The van der Waals surface area contributed by atoms with Crippen LogP contribution in [0.2, 0.25) is 0 Å². The maximum Gasteiger partial charge on any atom is 0.255 e. The fourth-order valence-corrected chi connectivity index (χ4v) is 5.09. The van der Waals surface area contributed by atoms with Crippen molar-refractivity contribution in [2.24, 2.45) is 11.8 Å². The lowest BCUT2D eigenvalue weighted by molar-refractivity contribution is 0.0928. The fourth-order valence-electron chi connectivity index (χ4n) is 5.09. The molecule has 4 aliphatic rings. The second-order valence-electron chi connectivity index (χ2n) is 9.25. The Hall–Kier alpha value is -2.93.